The number of hydrogen-bond acceptors (Lipinski definition) is 13. The van der Waals surface area contributed by atoms with E-state index >= 15 is 4.39 Å². The molecular weight excluding hydrogens is 936 g/mol. The summed E-state index contributed by atoms with van der Waals surface area (Å²) in [6.07, 6.45) is 4.74. The predicted octanol–water partition coefficient (Wildman–Crippen LogP) is 1.00. The molecule has 1 aliphatic carbocycles. The van der Waals surface area contributed by atoms with Gasteiger partial charge in [0.2, 0.25) is 35.4 Å². The second kappa shape index (κ2) is 22.0. The van der Waals surface area contributed by atoms with Crippen LogP contribution in [0.2, 0.25) is 0 Å². The first-order chi connectivity index (χ1) is 34.6. The molecule has 0 bridgehead atoms. The highest BCUT2D eigenvalue weighted by molar-refractivity contribution is 5.95. The number of nitrogens with zero attached hydrogens (tertiary/aromatic N) is 3. The number of ether oxygens (including phenoxy) is 2. The van der Waals surface area contributed by atoms with Crippen LogP contribution >= 0.6 is 0 Å². The highest BCUT2D eigenvalue weighted by Gasteiger charge is 2.46. The number of carbonyl (C=O) groups excluding carboxylic acids is 7. The Labute approximate surface area is 412 Å². The van der Waals surface area contributed by atoms with Crippen molar-refractivity contribution in [2.45, 2.75) is 102 Å². The van der Waals surface area contributed by atoms with Crippen molar-refractivity contribution in [2.24, 2.45) is 0 Å². The van der Waals surface area contributed by atoms with Crippen LogP contribution in [-0.2, 0) is 74.6 Å². The van der Waals surface area contributed by atoms with Crippen molar-refractivity contribution >= 4 is 52.3 Å². The molecule has 4 aromatic rings. The summed E-state index contributed by atoms with van der Waals surface area (Å²) in [5.41, 5.74) is 2.70. The first-order valence-corrected chi connectivity index (χ1v) is 24.0. The summed E-state index contributed by atoms with van der Waals surface area (Å²) in [6.45, 7) is 2.10. The smallest absolute Gasteiger partial charge is 0.343 e. The van der Waals surface area contributed by atoms with Gasteiger partial charge >= 0.3 is 5.97 Å². The fraction of sp³-hybridized carbons (Fsp3) is 0.431. The van der Waals surface area contributed by atoms with Crippen molar-refractivity contribution < 1.29 is 57.6 Å². The van der Waals surface area contributed by atoms with Gasteiger partial charge in [0.15, 0.2) is 5.60 Å². The van der Waals surface area contributed by atoms with E-state index in [-0.39, 0.29) is 81.2 Å². The molecule has 380 valence electrons. The quantitative estimate of drug-likeness (QED) is 0.0308. The van der Waals surface area contributed by atoms with Crippen LogP contribution in [0.25, 0.3) is 22.3 Å². The normalized spacial score (nSPS) is 18.7. The molecule has 8 rings (SSSR count). The highest BCUT2D eigenvalue weighted by Crippen LogP contribution is 2.46. The first kappa shape index (κ1) is 51.0. The van der Waals surface area contributed by atoms with Crippen molar-refractivity contribution in [1.82, 2.24) is 41.0 Å². The summed E-state index contributed by atoms with van der Waals surface area (Å²) in [6, 6.07) is 10.7. The van der Waals surface area contributed by atoms with Gasteiger partial charge in [0, 0.05) is 54.0 Å². The van der Waals surface area contributed by atoms with E-state index in [1.807, 2.05) is 0 Å². The monoisotopic (exact) mass is 992 g/mol. The molecule has 4 aliphatic rings. The number of halogens is 1. The molecule has 2 aromatic heterocycles. The van der Waals surface area contributed by atoms with Gasteiger partial charge in [-0.3, -0.25) is 33.6 Å². The lowest BCUT2D eigenvalue weighted by molar-refractivity contribution is -0.172. The number of esters is 1. The maximum Gasteiger partial charge on any atom is 0.343 e. The van der Waals surface area contributed by atoms with Crippen LogP contribution in [0.1, 0.15) is 90.3 Å². The number of aromatic nitrogens is 2. The number of rotatable bonds is 21. The number of unbranched alkanes of at least 4 members (excludes halogenated alkanes) is 2. The number of aliphatic hydroxyl groups excluding tert-OH is 1. The van der Waals surface area contributed by atoms with Gasteiger partial charge in [-0.05, 0) is 73.4 Å². The Balaban J connectivity index is 0.828. The van der Waals surface area contributed by atoms with Crippen LogP contribution in [-0.4, -0.2) is 118 Å². The molecule has 5 heterocycles. The number of aliphatic hydroxyl groups is 2. The number of fused-ring (bicyclic) bond motifs is 5. The molecule has 0 spiro atoms. The Hall–Kier alpha value is -7.36. The summed E-state index contributed by atoms with van der Waals surface area (Å²) in [7, 11) is 0. The molecule has 2 aromatic carbocycles. The number of nitrogens with one attached hydrogen (secondary N) is 5. The van der Waals surface area contributed by atoms with Crippen molar-refractivity contribution in [3.05, 3.63) is 110 Å². The number of pyridine rings is 2. The van der Waals surface area contributed by atoms with Gasteiger partial charge in [-0.1, -0.05) is 43.7 Å². The van der Waals surface area contributed by atoms with Crippen LogP contribution in [0.15, 0.2) is 59.4 Å². The van der Waals surface area contributed by atoms with Crippen molar-refractivity contribution in [1.29, 1.82) is 0 Å². The minimum Gasteiger partial charge on any atom is -0.458 e. The molecule has 0 saturated heterocycles. The summed E-state index contributed by atoms with van der Waals surface area (Å²) < 4.78 is 28.1. The lowest BCUT2D eigenvalue weighted by Crippen LogP contribution is -2.52. The summed E-state index contributed by atoms with van der Waals surface area (Å²) in [4.78, 5) is 109. The summed E-state index contributed by atoms with van der Waals surface area (Å²) in [5.74, 6) is -4.73. The zero-order valence-electron chi connectivity index (χ0n) is 39.9. The van der Waals surface area contributed by atoms with Gasteiger partial charge in [-0.25, -0.2) is 14.2 Å². The largest absolute Gasteiger partial charge is 0.458 e. The number of aryl methyl sites for hydroxylation is 1. The topological polar surface area (TPSA) is 277 Å². The van der Waals surface area contributed by atoms with Gasteiger partial charge in [0.25, 0.3) is 5.56 Å². The van der Waals surface area contributed by atoms with Crippen LogP contribution in [0.3, 0.4) is 0 Å². The number of carbonyl (C=O) groups is 7. The maximum atomic E-state index is 15.4. The second-order valence-electron chi connectivity index (χ2n) is 18.4. The third-order valence-electron chi connectivity index (χ3n) is 13.8. The minimum absolute atomic E-state index is 0.0232. The fourth-order valence-corrected chi connectivity index (χ4v) is 9.80. The lowest BCUT2D eigenvalue weighted by Gasteiger charge is -2.31. The molecule has 3 aliphatic heterocycles. The Morgan fingerprint density at radius 1 is 0.931 bits per heavy atom. The van der Waals surface area contributed by atoms with Crippen LogP contribution in [0.4, 0.5) is 4.39 Å². The molecule has 0 radical (unpaired) electrons. The lowest BCUT2D eigenvalue weighted by atomic mass is 9.78. The zero-order chi connectivity index (χ0) is 51.3. The maximum absolute atomic E-state index is 15.4. The van der Waals surface area contributed by atoms with Gasteiger partial charge in [0.1, 0.15) is 31.4 Å². The van der Waals surface area contributed by atoms with Crippen LogP contribution in [0, 0.1) is 12.7 Å². The molecule has 20 nitrogen and oxygen atoms in total. The van der Waals surface area contributed by atoms with E-state index in [9.17, 15) is 48.6 Å². The standard InChI is InChI=1S/C51H57FN8O12/c1-3-51(70)34-19-38-47-32(24-60(38)49(68)33(34)26-72-50(51)69)45-30(13-14-31-28(2)35(52)20-36(58-47)46(31)45)25-71-27-56-41(63)22-55-48(67)37(18-29-10-6-4-7-11-29)57-42(64)23-54-40(62)21-53-39(61)12-8-5-9-17-59-43(65)15-16-44(59)66/h4,6-7,10-11,15-16,19-20,30,37,43,65,70H,3,5,8-9,12-14,17-18,21-27H2,1-2H3,(H,53,61)(H,54,62)(H,55,67)(H,56,63)(H,57,64)/t30-,37+,43?,51+/m1/s1. The highest BCUT2D eigenvalue weighted by atomic mass is 19.1. The van der Waals surface area contributed by atoms with Crippen LogP contribution < -0.4 is 32.1 Å². The number of benzene rings is 2. The van der Waals surface area contributed by atoms with E-state index in [1.54, 1.807) is 50.2 Å². The van der Waals surface area contributed by atoms with Crippen molar-refractivity contribution in [3.8, 4) is 11.4 Å². The molecule has 1 unspecified atom stereocenters. The number of amides is 6. The predicted molar refractivity (Wildman–Crippen MR) is 256 cm³/mol. The van der Waals surface area contributed by atoms with Gasteiger partial charge in [-0.2, -0.15) is 0 Å². The SMILES string of the molecule is CC[C@@]1(O)C(=O)OCc2c1cc1n(c2=O)Cc2c-1nc1cc(F)c(C)c3c1c2[C@@H](COCNC(=O)CNC(=O)[C@H](Cc1ccccc1)NC(=O)CNC(=O)CNC(=O)CCCCCN1C(=O)C=CC1O)CC3. The van der Waals surface area contributed by atoms with Gasteiger partial charge in [0.05, 0.1) is 55.3 Å². The molecule has 21 heteroatoms. The van der Waals surface area contributed by atoms with Gasteiger partial charge < -0.3 is 55.7 Å². The fourth-order valence-electron chi connectivity index (χ4n) is 9.80. The van der Waals surface area contributed by atoms with Crippen molar-refractivity contribution in [2.75, 3.05) is 39.5 Å². The molecule has 4 atom stereocenters. The zero-order valence-corrected chi connectivity index (χ0v) is 39.9. The van der Waals surface area contributed by atoms with Gasteiger partial charge in [-0.15, -0.1) is 0 Å². The first-order valence-electron chi connectivity index (χ1n) is 24.0. The average molecular weight is 993 g/mol. The molecule has 0 saturated carbocycles. The Kier molecular flexibility index (Phi) is 15.6. The van der Waals surface area contributed by atoms with E-state index in [0.717, 1.165) is 22.1 Å². The Morgan fingerprint density at radius 2 is 1.67 bits per heavy atom. The number of cyclic esters (lactones) is 1. The summed E-state index contributed by atoms with van der Waals surface area (Å²) >= 11 is 0. The summed E-state index contributed by atoms with van der Waals surface area (Å²) in [5, 5.41) is 34.6. The average Bonchev–Trinajstić information content (AvgIpc) is 3.91. The molecular formula is C51H57FN8O12. The third kappa shape index (κ3) is 10.8. The van der Waals surface area contributed by atoms with Crippen molar-refractivity contribution in [3.63, 3.8) is 0 Å². The Morgan fingerprint density at radius 3 is 2.42 bits per heavy atom. The second-order valence-corrected chi connectivity index (χ2v) is 18.4. The number of hydrogen-bond donors (Lipinski definition) is 7. The van der Waals surface area contributed by atoms with E-state index in [1.165, 1.54) is 27.7 Å². The van der Waals surface area contributed by atoms with Crippen LogP contribution in [0.5, 0.6) is 0 Å². The van der Waals surface area contributed by atoms with E-state index < -0.39 is 71.9 Å². The third-order valence-corrected chi connectivity index (χ3v) is 13.8. The Bertz CT molecular complexity index is 2930. The molecule has 7 N–H and O–H groups in total. The molecule has 72 heavy (non-hydrogen) atoms. The minimum atomic E-state index is -2.02. The molecule has 6 amide bonds. The van der Waals surface area contributed by atoms with E-state index in [0.29, 0.717) is 66.7 Å². The molecule has 0 fully saturated rings. The van der Waals surface area contributed by atoms with E-state index in [2.05, 4.69) is 26.6 Å². The van der Waals surface area contributed by atoms with E-state index in [4.69, 9.17) is 14.5 Å².